The Morgan fingerprint density at radius 3 is 2.67 bits per heavy atom. The van der Waals surface area contributed by atoms with Gasteiger partial charge < -0.3 is 4.90 Å². The van der Waals surface area contributed by atoms with E-state index in [9.17, 15) is 14.4 Å². The Morgan fingerprint density at radius 2 is 2.00 bits per heavy atom. The van der Waals surface area contributed by atoms with E-state index in [-0.39, 0.29) is 24.1 Å². The zero-order valence-electron chi connectivity index (χ0n) is 11.2. The van der Waals surface area contributed by atoms with Crippen molar-refractivity contribution in [3.63, 3.8) is 0 Å². The second-order valence-electron chi connectivity index (χ2n) is 5.22. The summed E-state index contributed by atoms with van der Waals surface area (Å²) in [5, 5.41) is 2.30. The minimum atomic E-state index is -0.570. The van der Waals surface area contributed by atoms with Gasteiger partial charge >= 0.3 is 0 Å². The first-order chi connectivity index (χ1) is 9.90. The van der Waals surface area contributed by atoms with Crippen molar-refractivity contribution >= 4 is 49.6 Å². The van der Waals surface area contributed by atoms with Crippen LogP contribution in [0, 0.1) is 6.92 Å². The van der Waals surface area contributed by atoms with Crippen molar-refractivity contribution < 1.29 is 14.4 Å². The third-order valence-electron chi connectivity index (χ3n) is 3.99. The molecule has 2 heterocycles. The molecular formula is C14H12Br2N2O3. The smallest absolute Gasteiger partial charge is 0.255 e. The Labute approximate surface area is 138 Å². The summed E-state index contributed by atoms with van der Waals surface area (Å²) in [6.07, 6.45) is 0.648. The number of imide groups is 1. The van der Waals surface area contributed by atoms with Gasteiger partial charge in [0.25, 0.3) is 5.91 Å². The van der Waals surface area contributed by atoms with Crippen molar-refractivity contribution in [2.45, 2.75) is 32.4 Å². The summed E-state index contributed by atoms with van der Waals surface area (Å²) in [5.74, 6) is -0.818. The van der Waals surface area contributed by atoms with Gasteiger partial charge in [0, 0.05) is 27.5 Å². The highest BCUT2D eigenvalue weighted by Crippen LogP contribution is 2.37. The van der Waals surface area contributed by atoms with Gasteiger partial charge in [0.2, 0.25) is 11.8 Å². The molecule has 2 aliphatic heterocycles. The van der Waals surface area contributed by atoms with E-state index in [1.807, 2.05) is 6.92 Å². The third-order valence-corrected chi connectivity index (χ3v) is 6.17. The molecule has 5 nitrogen and oxygen atoms in total. The Hall–Kier alpha value is -1.21. The van der Waals surface area contributed by atoms with Crippen LogP contribution in [0.1, 0.15) is 34.3 Å². The third kappa shape index (κ3) is 2.32. The SMILES string of the molecule is Cc1c(Br)c(Br)cc2c1CN(C1CCC(=O)NC1=O)C2=O. The molecule has 21 heavy (non-hydrogen) atoms. The fraction of sp³-hybridized carbons (Fsp3) is 0.357. The highest BCUT2D eigenvalue weighted by Gasteiger charge is 2.40. The van der Waals surface area contributed by atoms with E-state index in [0.29, 0.717) is 18.5 Å². The standard InChI is InChI=1S/C14H12Br2N2O3/c1-6-8-5-18(10-2-3-11(19)17-13(10)20)14(21)7(8)4-9(15)12(6)16/h4,10H,2-3,5H2,1H3,(H,17,19,20). The number of rotatable bonds is 1. The number of piperidine rings is 1. The monoisotopic (exact) mass is 414 g/mol. The number of carbonyl (C=O) groups excluding carboxylic acids is 3. The van der Waals surface area contributed by atoms with E-state index >= 15 is 0 Å². The first kappa shape index (κ1) is 14.7. The number of hydrogen-bond donors (Lipinski definition) is 1. The van der Waals surface area contributed by atoms with Crippen LogP contribution in [-0.4, -0.2) is 28.7 Å². The number of halogens is 2. The zero-order valence-corrected chi connectivity index (χ0v) is 14.4. The maximum atomic E-state index is 12.6. The molecule has 1 aromatic carbocycles. The lowest BCUT2D eigenvalue weighted by Gasteiger charge is -2.29. The fourth-order valence-electron chi connectivity index (χ4n) is 2.81. The quantitative estimate of drug-likeness (QED) is 0.715. The Balaban J connectivity index is 1.96. The molecule has 3 rings (SSSR count). The van der Waals surface area contributed by atoms with Crippen LogP contribution in [0.25, 0.3) is 0 Å². The molecule has 1 atom stereocenters. The minimum absolute atomic E-state index is 0.157. The molecule has 0 bridgehead atoms. The molecular weight excluding hydrogens is 404 g/mol. The Bertz CT molecular complexity index is 687. The molecule has 0 aliphatic carbocycles. The van der Waals surface area contributed by atoms with Crippen LogP contribution in [0.4, 0.5) is 0 Å². The summed E-state index contributed by atoms with van der Waals surface area (Å²) in [5.41, 5.74) is 2.54. The summed E-state index contributed by atoms with van der Waals surface area (Å²) in [6, 6.07) is 1.21. The summed E-state index contributed by atoms with van der Waals surface area (Å²) in [4.78, 5) is 37.3. The number of hydrogen-bond acceptors (Lipinski definition) is 3. The largest absolute Gasteiger partial charge is 0.322 e. The first-order valence-electron chi connectivity index (χ1n) is 6.52. The van der Waals surface area contributed by atoms with Crippen LogP contribution in [0.3, 0.4) is 0 Å². The van der Waals surface area contributed by atoms with Gasteiger partial charge in [-0.05, 0) is 62.4 Å². The molecule has 7 heteroatoms. The van der Waals surface area contributed by atoms with Crippen molar-refractivity contribution in [3.8, 4) is 0 Å². The van der Waals surface area contributed by atoms with Gasteiger partial charge in [-0.15, -0.1) is 0 Å². The highest BCUT2D eigenvalue weighted by atomic mass is 79.9. The lowest BCUT2D eigenvalue weighted by molar-refractivity contribution is -0.136. The van der Waals surface area contributed by atoms with E-state index in [0.717, 1.165) is 20.1 Å². The van der Waals surface area contributed by atoms with E-state index in [1.54, 1.807) is 11.0 Å². The highest BCUT2D eigenvalue weighted by molar-refractivity contribution is 9.13. The average molecular weight is 416 g/mol. The van der Waals surface area contributed by atoms with Crippen molar-refractivity contribution in [2.24, 2.45) is 0 Å². The summed E-state index contributed by atoms with van der Waals surface area (Å²) in [7, 11) is 0. The summed E-state index contributed by atoms with van der Waals surface area (Å²) in [6.45, 7) is 2.34. The Kier molecular flexibility index (Phi) is 3.65. The lowest BCUT2D eigenvalue weighted by Crippen LogP contribution is -2.52. The summed E-state index contributed by atoms with van der Waals surface area (Å²) < 4.78 is 1.73. The maximum Gasteiger partial charge on any atom is 0.255 e. The fourth-order valence-corrected chi connectivity index (χ4v) is 3.69. The van der Waals surface area contributed by atoms with Gasteiger partial charge in [-0.3, -0.25) is 19.7 Å². The molecule has 0 saturated carbocycles. The summed E-state index contributed by atoms with van der Waals surface area (Å²) >= 11 is 6.91. The maximum absolute atomic E-state index is 12.6. The predicted octanol–water partition coefficient (Wildman–Crippen LogP) is 2.28. The number of carbonyl (C=O) groups is 3. The van der Waals surface area contributed by atoms with Gasteiger partial charge in [0.05, 0.1) is 0 Å². The number of amides is 3. The van der Waals surface area contributed by atoms with Crippen LogP contribution in [0.15, 0.2) is 15.0 Å². The second kappa shape index (κ2) is 5.21. The molecule has 1 N–H and O–H groups in total. The van der Waals surface area contributed by atoms with Crippen molar-refractivity contribution in [1.82, 2.24) is 10.2 Å². The van der Waals surface area contributed by atoms with Crippen LogP contribution in [-0.2, 0) is 16.1 Å². The van der Waals surface area contributed by atoms with Gasteiger partial charge in [-0.25, -0.2) is 0 Å². The van der Waals surface area contributed by atoms with Crippen molar-refractivity contribution in [2.75, 3.05) is 0 Å². The van der Waals surface area contributed by atoms with Crippen LogP contribution in [0.5, 0.6) is 0 Å². The number of nitrogens with zero attached hydrogens (tertiary/aromatic N) is 1. The molecule has 1 unspecified atom stereocenters. The molecule has 0 aromatic heterocycles. The predicted molar refractivity (Wildman–Crippen MR) is 82.6 cm³/mol. The van der Waals surface area contributed by atoms with Gasteiger partial charge in [-0.2, -0.15) is 0 Å². The Morgan fingerprint density at radius 1 is 1.29 bits per heavy atom. The first-order valence-corrected chi connectivity index (χ1v) is 8.11. The topological polar surface area (TPSA) is 66.5 Å². The molecule has 1 saturated heterocycles. The molecule has 0 spiro atoms. The van der Waals surface area contributed by atoms with Crippen molar-refractivity contribution in [3.05, 3.63) is 31.7 Å². The molecule has 1 fully saturated rings. The minimum Gasteiger partial charge on any atom is -0.322 e. The zero-order chi connectivity index (χ0) is 15.3. The normalized spacial score (nSPS) is 21.6. The van der Waals surface area contributed by atoms with Gasteiger partial charge in [0.15, 0.2) is 0 Å². The van der Waals surface area contributed by atoms with E-state index in [4.69, 9.17) is 0 Å². The molecule has 0 radical (unpaired) electrons. The number of benzene rings is 1. The average Bonchev–Trinajstić information content (AvgIpc) is 2.74. The van der Waals surface area contributed by atoms with Crippen LogP contribution >= 0.6 is 31.9 Å². The molecule has 1 aromatic rings. The van der Waals surface area contributed by atoms with Crippen LogP contribution in [0.2, 0.25) is 0 Å². The van der Waals surface area contributed by atoms with Gasteiger partial charge in [-0.1, -0.05) is 0 Å². The van der Waals surface area contributed by atoms with Gasteiger partial charge in [0.1, 0.15) is 6.04 Å². The van der Waals surface area contributed by atoms with E-state index in [2.05, 4.69) is 37.2 Å². The van der Waals surface area contributed by atoms with E-state index < -0.39 is 6.04 Å². The van der Waals surface area contributed by atoms with E-state index in [1.165, 1.54) is 0 Å². The second-order valence-corrected chi connectivity index (χ2v) is 6.87. The molecule has 110 valence electrons. The van der Waals surface area contributed by atoms with Crippen molar-refractivity contribution in [1.29, 1.82) is 0 Å². The number of fused-ring (bicyclic) bond motifs is 1. The molecule has 3 amide bonds. The number of nitrogens with one attached hydrogen (secondary N) is 1. The molecule has 2 aliphatic rings. The van der Waals surface area contributed by atoms with Crippen LogP contribution < -0.4 is 5.32 Å². The lowest BCUT2D eigenvalue weighted by atomic mass is 10.0.